The molecule has 3 rings (SSSR count). The molecule has 1 aromatic rings. The molecule has 0 bridgehead atoms. The van der Waals surface area contributed by atoms with Gasteiger partial charge in [0.05, 0.1) is 0 Å². The summed E-state index contributed by atoms with van der Waals surface area (Å²) in [5, 5.41) is 0.309. The van der Waals surface area contributed by atoms with Gasteiger partial charge < -0.3 is 9.80 Å². The van der Waals surface area contributed by atoms with E-state index in [1.165, 1.54) is 19.3 Å². The van der Waals surface area contributed by atoms with E-state index in [1.54, 1.807) is 0 Å². The van der Waals surface area contributed by atoms with Gasteiger partial charge in [0.15, 0.2) is 0 Å². The fourth-order valence-electron chi connectivity index (χ4n) is 2.47. The van der Waals surface area contributed by atoms with Crippen molar-refractivity contribution in [1.29, 1.82) is 0 Å². The average molecular weight is 300 g/mol. The lowest BCUT2D eigenvalue weighted by Crippen LogP contribution is -2.35. The van der Waals surface area contributed by atoms with E-state index >= 15 is 0 Å². The molecule has 3 heterocycles. The number of anilines is 2. The van der Waals surface area contributed by atoms with E-state index in [1.807, 2.05) is 11.8 Å². The number of nitrogens with zero attached hydrogens (tertiary/aromatic N) is 5. The number of rotatable bonds is 2. The first kappa shape index (κ1) is 13.2. The first-order valence-corrected chi connectivity index (χ1v) is 8.35. The maximum Gasteiger partial charge on any atom is 0.231 e. The monoisotopic (exact) mass is 299 g/mol. The van der Waals surface area contributed by atoms with Gasteiger partial charge in [0.1, 0.15) is 0 Å². The summed E-state index contributed by atoms with van der Waals surface area (Å²) in [6.45, 7) is 4.03. The Morgan fingerprint density at radius 2 is 1.37 bits per heavy atom. The topological polar surface area (TPSA) is 45.2 Å². The third kappa shape index (κ3) is 3.23. The standard InChI is InChI=1S/C12H18ClN5S/c13-10-14-11(17-4-2-1-3-5-17)16-12(15-10)18-6-8-19-9-7-18/h1-9H2. The molecular formula is C12H18ClN5S. The fourth-order valence-corrected chi connectivity index (χ4v) is 3.52. The van der Waals surface area contributed by atoms with Crippen molar-refractivity contribution in [2.45, 2.75) is 19.3 Å². The summed E-state index contributed by atoms with van der Waals surface area (Å²) in [5.74, 6) is 3.74. The molecule has 0 saturated carbocycles. The molecule has 0 N–H and O–H groups in total. The van der Waals surface area contributed by atoms with Crippen LogP contribution in [0.4, 0.5) is 11.9 Å². The van der Waals surface area contributed by atoms with Crippen LogP contribution in [0, 0.1) is 0 Å². The molecule has 2 aliphatic heterocycles. The smallest absolute Gasteiger partial charge is 0.231 e. The quantitative estimate of drug-likeness (QED) is 0.833. The van der Waals surface area contributed by atoms with Crippen molar-refractivity contribution in [2.24, 2.45) is 0 Å². The van der Waals surface area contributed by atoms with Crippen molar-refractivity contribution in [3.63, 3.8) is 0 Å². The third-order valence-corrected chi connectivity index (χ3v) is 4.63. The molecule has 104 valence electrons. The van der Waals surface area contributed by atoms with E-state index in [0.717, 1.165) is 49.6 Å². The van der Waals surface area contributed by atoms with Crippen molar-refractivity contribution in [1.82, 2.24) is 15.0 Å². The van der Waals surface area contributed by atoms with Crippen LogP contribution in [0.25, 0.3) is 0 Å². The minimum absolute atomic E-state index is 0.309. The summed E-state index contributed by atoms with van der Waals surface area (Å²) in [4.78, 5) is 17.6. The number of halogens is 1. The zero-order chi connectivity index (χ0) is 13.1. The minimum Gasteiger partial charge on any atom is -0.341 e. The van der Waals surface area contributed by atoms with E-state index in [2.05, 4.69) is 24.8 Å². The largest absolute Gasteiger partial charge is 0.341 e. The highest BCUT2D eigenvalue weighted by atomic mass is 35.5. The number of piperidine rings is 1. The highest BCUT2D eigenvalue weighted by Gasteiger charge is 2.19. The van der Waals surface area contributed by atoms with Crippen LogP contribution in [0.15, 0.2) is 0 Å². The summed E-state index contributed by atoms with van der Waals surface area (Å²) in [7, 11) is 0. The molecule has 1 aromatic heterocycles. The Bertz CT molecular complexity index is 396. The van der Waals surface area contributed by atoms with Gasteiger partial charge in [-0.1, -0.05) is 0 Å². The molecular weight excluding hydrogens is 282 g/mol. The van der Waals surface area contributed by atoms with Crippen LogP contribution in [-0.2, 0) is 0 Å². The predicted octanol–water partition coefficient (Wildman–Crippen LogP) is 2.07. The van der Waals surface area contributed by atoms with Crippen LogP contribution in [-0.4, -0.2) is 52.6 Å². The van der Waals surface area contributed by atoms with Crippen LogP contribution in [0.2, 0.25) is 5.28 Å². The molecule has 0 atom stereocenters. The third-order valence-electron chi connectivity index (χ3n) is 3.52. The Morgan fingerprint density at radius 1 is 0.789 bits per heavy atom. The Kier molecular flexibility index (Phi) is 4.28. The Balaban J connectivity index is 1.82. The van der Waals surface area contributed by atoms with Crippen LogP contribution in [0.1, 0.15) is 19.3 Å². The maximum absolute atomic E-state index is 6.07. The molecule has 2 fully saturated rings. The lowest BCUT2D eigenvalue weighted by molar-refractivity contribution is 0.567. The van der Waals surface area contributed by atoms with Crippen LogP contribution in [0.3, 0.4) is 0 Å². The van der Waals surface area contributed by atoms with Crippen LogP contribution >= 0.6 is 23.4 Å². The molecule has 19 heavy (non-hydrogen) atoms. The Labute approximate surface area is 122 Å². The highest BCUT2D eigenvalue weighted by Crippen LogP contribution is 2.21. The Hall–Kier alpha value is -0.750. The number of hydrogen-bond donors (Lipinski definition) is 0. The van der Waals surface area contributed by atoms with Gasteiger partial charge >= 0.3 is 0 Å². The van der Waals surface area contributed by atoms with E-state index in [0.29, 0.717) is 5.28 Å². The summed E-state index contributed by atoms with van der Waals surface area (Å²) in [6, 6.07) is 0. The Morgan fingerprint density at radius 3 is 2.00 bits per heavy atom. The zero-order valence-electron chi connectivity index (χ0n) is 10.9. The first-order chi connectivity index (χ1) is 9.33. The van der Waals surface area contributed by atoms with Crippen LogP contribution < -0.4 is 9.80 Å². The maximum atomic E-state index is 6.07. The van der Waals surface area contributed by atoms with Crippen molar-refractivity contribution < 1.29 is 0 Å². The van der Waals surface area contributed by atoms with E-state index in [-0.39, 0.29) is 0 Å². The second-order valence-electron chi connectivity index (χ2n) is 4.85. The second kappa shape index (κ2) is 6.13. The van der Waals surface area contributed by atoms with E-state index in [4.69, 9.17) is 11.6 Å². The van der Waals surface area contributed by atoms with Gasteiger partial charge in [0, 0.05) is 37.7 Å². The lowest BCUT2D eigenvalue weighted by Gasteiger charge is -2.29. The van der Waals surface area contributed by atoms with Crippen LogP contribution in [0.5, 0.6) is 0 Å². The summed E-state index contributed by atoms with van der Waals surface area (Å²) < 4.78 is 0. The number of thioether (sulfide) groups is 1. The fraction of sp³-hybridized carbons (Fsp3) is 0.750. The molecule has 2 aliphatic rings. The molecule has 5 nitrogen and oxygen atoms in total. The minimum atomic E-state index is 0.309. The second-order valence-corrected chi connectivity index (χ2v) is 6.41. The molecule has 0 radical (unpaired) electrons. The average Bonchev–Trinajstić information content (AvgIpc) is 2.48. The first-order valence-electron chi connectivity index (χ1n) is 6.82. The summed E-state index contributed by atoms with van der Waals surface area (Å²) >= 11 is 8.04. The lowest BCUT2D eigenvalue weighted by atomic mass is 10.1. The zero-order valence-corrected chi connectivity index (χ0v) is 12.5. The van der Waals surface area contributed by atoms with Gasteiger partial charge in [-0.3, -0.25) is 0 Å². The normalized spacial score (nSPS) is 20.7. The summed E-state index contributed by atoms with van der Waals surface area (Å²) in [5.41, 5.74) is 0. The molecule has 0 aromatic carbocycles. The van der Waals surface area contributed by atoms with E-state index < -0.39 is 0 Å². The van der Waals surface area contributed by atoms with Gasteiger partial charge in [0.25, 0.3) is 0 Å². The summed E-state index contributed by atoms with van der Waals surface area (Å²) in [6.07, 6.45) is 3.71. The van der Waals surface area contributed by atoms with Crippen molar-refractivity contribution in [2.75, 3.05) is 47.5 Å². The molecule has 0 spiro atoms. The number of aromatic nitrogens is 3. The molecule has 0 amide bonds. The molecule has 0 unspecified atom stereocenters. The van der Waals surface area contributed by atoms with Gasteiger partial charge in [-0.05, 0) is 30.9 Å². The van der Waals surface area contributed by atoms with E-state index in [9.17, 15) is 0 Å². The number of hydrogen-bond acceptors (Lipinski definition) is 6. The van der Waals surface area contributed by atoms with Crippen molar-refractivity contribution in [3.05, 3.63) is 5.28 Å². The molecule has 2 saturated heterocycles. The van der Waals surface area contributed by atoms with Gasteiger partial charge in [-0.15, -0.1) is 0 Å². The van der Waals surface area contributed by atoms with Gasteiger partial charge in [0.2, 0.25) is 17.2 Å². The van der Waals surface area contributed by atoms with Gasteiger partial charge in [-0.2, -0.15) is 26.7 Å². The predicted molar refractivity (Wildman–Crippen MR) is 80.4 cm³/mol. The molecule has 7 heteroatoms. The highest BCUT2D eigenvalue weighted by molar-refractivity contribution is 7.99. The van der Waals surface area contributed by atoms with Crippen molar-refractivity contribution >= 4 is 35.3 Å². The SMILES string of the molecule is Clc1nc(N2CCCCC2)nc(N2CCSCC2)n1. The van der Waals surface area contributed by atoms with Gasteiger partial charge in [-0.25, -0.2) is 0 Å². The van der Waals surface area contributed by atoms with Crippen molar-refractivity contribution in [3.8, 4) is 0 Å². The molecule has 0 aliphatic carbocycles.